The van der Waals surface area contributed by atoms with Gasteiger partial charge in [-0.15, -0.1) is 0 Å². The fraction of sp³-hybridized carbons (Fsp3) is 0.100. The molecule has 76 valence electrons. The first-order valence-corrected chi connectivity index (χ1v) is 4.71. The van der Waals surface area contributed by atoms with Gasteiger partial charge in [0.1, 0.15) is 10.8 Å². The number of aliphatic hydroxyl groups excluding tert-OH is 1. The van der Waals surface area contributed by atoms with E-state index >= 15 is 0 Å². The SMILES string of the molecule is OCc1ccc(-c2cncc(Cl)n2)nc1. The Bertz CT molecular complexity index is 458. The molecule has 1 N–H and O–H groups in total. The molecule has 0 bridgehead atoms. The third-order valence-corrected chi connectivity index (χ3v) is 2.06. The number of hydrogen-bond acceptors (Lipinski definition) is 4. The number of halogens is 1. The zero-order valence-corrected chi connectivity index (χ0v) is 8.52. The Kier molecular flexibility index (Phi) is 2.89. The number of aliphatic hydroxyl groups is 1. The van der Waals surface area contributed by atoms with E-state index in [1.54, 1.807) is 24.5 Å². The van der Waals surface area contributed by atoms with Crippen LogP contribution in [0, 0.1) is 0 Å². The Morgan fingerprint density at radius 3 is 2.60 bits per heavy atom. The van der Waals surface area contributed by atoms with Gasteiger partial charge >= 0.3 is 0 Å². The summed E-state index contributed by atoms with van der Waals surface area (Å²) < 4.78 is 0. The maximum atomic E-state index is 8.85. The van der Waals surface area contributed by atoms with Gasteiger partial charge in [-0.25, -0.2) is 4.98 Å². The molecular weight excluding hydrogens is 214 g/mol. The molecular formula is C10H8ClN3O. The lowest BCUT2D eigenvalue weighted by molar-refractivity contribution is 0.281. The molecule has 0 atom stereocenters. The first-order valence-electron chi connectivity index (χ1n) is 4.33. The van der Waals surface area contributed by atoms with Crippen LogP contribution >= 0.6 is 11.6 Å². The van der Waals surface area contributed by atoms with Crippen molar-refractivity contribution in [3.05, 3.63) is 41.4 Å². The van der Waals surface area contributed by atoms with Crippen molar-refractivity contribution in [2.75, 3.05) is 0 Å². The third-order valence-electron chi connectivity index (χ3n) is 1.87. The molecule has 0 aromatic carbocycles. The van der Waals surface area contributed by atoms with E-state index in [4.69, 9.17) is 16.7 Å². The first-order chi connectivity index (χ1) is 7.29. The average Bonchev–Trinajstić information content (AvgIpc) is 2.29. The van der Waals surface area contributed by atoms with Crippen LogP contribution in [-0.4, -0.2) is 20.1 Å². The van der Waals surface area contributed by atoms with Crippen molar-refractivity contribution in [1.29, 1.82) is 0 Å². The summed E-state index contributed by atoms with van der Waals surface area (Å²) in [7, 11) is 0. The third kappa shape index (κ3) is 2.29. The van der Waals surface area contributed by atoms with E-state index in [9.17, 15) is 0 Å². The highest BCUT2D eigenvalue weighted by atomic mass is 35.5. The van der Waals surface area contributed by atoms with Gasteiger partial charge in [-0.1, -0.05) is 17.7 Å². The molecule has 0 amide bonds. The second kappa shape index (κ2) is 4.33. The summed E-state index contributed by atoms with van der Waals surface area (Å²) in [6.07, 6.45) is 4.65. The van der Waals surface area contributed by atoms with Crippen molar-refractivity contribution in [3.63, 3.8) is 0 Å². The van der Waals surface area contributed by atoms with E-state index in [1.807, 2.05) is 0 Å². The monoisotopic (exact) mass is 221 g/mol. The molecule has 5 heteroatoms. The minimum Gasteiger partial charge on any atom is -0.392 e. The van der Waals surface area contributed by atoms with E-state index in [0.29, 0.717) is 16.5 Å². The molecule has 0 aliphatic rings. The number of nitrogens with zero attached hydrogens (tertiary/aromatic N) is 3. The van der Waals surface area contributed by atoms with E-state index < -0.39 is 0 Å². The molecule has 0 fully saturated rings. The van der Waals surface area contributed by atoms with Gasteiger partial charge in [-0.3, -0.25) is 9.97 Å². The molecule has 0 spiro atoms. The number of aromatic nitrogens is 3. The maximum absolute atomic E-state index is 8.85. The van der Waals surface area contributed by atoms with E-state index in [1.165, 1.54) is 6.20 Å². The number of hydrogen-bond donors (Lipinski definition) is 1. The Morgan fingerprint density at radius 2 is 2.00 bits per heavy atom. The van der Waals surface area contributed by atoms with Gasteiger partial charge in [0.2, 0.25) is 0 Å². The summed E-state index contributed by atoms with van der Waals surface area (Å²) in [6.45, 7) is -0.0193. The van der Waals surface area contributed by atoms with Crippen LogP contribution in [0.15, 0.2) is 30.7 Å². The van der Waals surface area contributed by atoms with Gasteiger partial charge < -0.3 is 5.11 Å². The molecule has 0 saturated heterocycles. The van der Waals surface area contributed by atoms with E-state index in [-0.39, 0.29) is 6.61 Å². The average molecular weight is 222 g/mol. The molecule has 0 unspecified atom stereocenters. The van der Waals surface area contributed by atoms with Gasteiger partial charge in [0.25, 0.3) is 0 Å². The van der Waals surface area contributed by atoms with Gasteiger partial charge in [-0.05, 0) is 11.6 Å². The molecule has 0 aliphatic carbocycles. The van der Waals surface area contributed by atoms with Crippen molar-refractivity contribution in [1.82, 2.24) is 15.0 Å². The molecule has 0 saturated carbocycles. The topological polar surface area (TPSA) is 58.9 Å². The normalized spacial score (nSPS) is 10.3. The summed E-state index contributed by atoms with van der Waals surface area (Å²) in [6, 6.07) is 3.55. The predicted octanol–water partition coefficient (Wildman–Crippen LogP) is 1.68. The van der Waals surface area contributed by atoms with Gasteiger partial charge in [0, 0.05) is 6.20 Å². The highest BCUT2D eigenvalue weighted by molar-refractivity contribution is 6.29. The minimum absolute atomic E-state index is 0.0193. The van der Waals surface area contributed by atoms with E-state index in [2.05, 4.69) is 15.0 Å². The predicted molar refractivity (Wildman–Crippen MR) is 56.2 cm³/mol. The Hall–Kier alpha value is -1.52. The molecule has 4 nitrogen and oxygen atoms in total. The van der Waals surface area contributed by atoms with Crippen LogP contribution in [0.5, 0.6) is 0 Å². The molecule has 2 rings (SSSR count). The van der Waals surface area contributed by atoms with Crippen molar-refractivity contribution >= 4 is 11.6 Å². The lowest BCUT2D eigenvalue weighted by atomic mass is 10.2. The smallest absolute Gasteiger partial charge is 0.148 e. The molecule has 2 heterocycles. The maximum Gasteiger partial charge on any atom is 0.148 e. The van der Waals surface area contributed by atoms with Crippen LogP contribution < -0.4 is 0 Å². The summed E-state index contributed by atoms with van der Waals surface area (Å²) in [4.78, 5) is 12.1. The largest absolute Gasteiger partial charge is 0.392 e. The zero-order valence-electron chi connectivity index (χ0n) is 7.76. The van der Waals surface area contributed by atoms with Crippen molar-refractivity contribution in [2.45, 2.75) is 6.61 Å². The second-order valence-corrected chi connectivity index (χ2v) is 3.32. The summed E-state index contributed by atoms with van der Waals surface area (Å²) >= 11 is 5.71. The molecule has 0 aliphatic heterocycles. The lowest BCUT2D eigenvalue weighted by Gasteiger charge is -2.00. The van der Waals surface area contributed by atoms with Crippen molar-refractivity contribution in [3.8, 4) is 11.4 Å². The molecule has 2 aromatic heterocycles. The number of rotatable bonds is 2. The summed E-state index contributed by atoms with van der Waals surface area (Å²) in [5.41, 5.74) is 2.06. The van der Waals surface area contributed by atoms with Crippen LogP contribution in [0.25, 0.3) is 11.4 Å². The highest BCUT2D eigenvalue weighted by Crippen LogP contribution is 2.15. The Morgan fingerprint density at radius 1 is 1.13 bits per heavy atom. The standard InChI is InChI=1S/C10H8ClN3O/c11-10-5-12-4-9(14-10)8-2-1-7(6-15)3-13-8/h1-5,15H,6H2. The summed E-state index contributed by atoms with van der Waals surface area (Å²) in [5.74, 6) is 0. The van der Waals surface area contributed by atoms with Gasteiger partial charge in [0.05, 0.1) is 24.7 Å². The fourth-order valence-electron chi connectivity index (χ4n) is 1.14. The Balaban J connectivity index is 2.37. The van der Waals surface area contributed by atoms with Gasteiger partial charge in [0.15, 0.2) is 0 Å². The van der Waals surface area contributed by atoms with Crippen molar-refractivity contribution < 1.29 is 5.11 Å². The van der Waals surface area contributed by atoms with Crippen LogP contribution in [0.4, 0.5) is 0 Å². The Labute approximate surface area is 91.6 Å². The van der Waals surface area contributed by atoms with Crippen LogP contribution in [0.1, 0.15) is 5.56 Å². The van der Waals surface area contributed by atoms with Crippen LogP contribution in [0.2, 0.25) is 5.15 Å². The molecule has 0 radical (unpaired) electrons. The van der Waals surface area contributed by atoms with Gasteiger partial charge in [-0.2, -0.15) is 0 Å². The first kappa shape index (κ1) is 10.0. The fourth-order valence-corrected chi connectivity index (χ4v) is 1.28. The minimum atomic E-state index is -0.0193. The lowest BCUT2D eigenvalue weighted by Crippen LogP contribution is -1.91. The van der Waals surface area contributed by atoms with Crippen LogP contribution in [0.3, 0.4) is 0 Å². The van der Waals surface area contributed by atoms with Crippen molar-refractivity contribution in [2.24, 2.45) is 0 Å². The molecule has 2 aromatic rings. The van der Waals surface area contributed by atoms with Crippen LogP contribution in [-0.2, 0) is 6.61 Å². The second-order valence-electron chi connectivity index (χ2n) is 2.94. The summed E-state index contributed by atoms with van der Waals surface area (Å²) in [5, 5.41) is 9.19. The molecule has 15 heavy (non-hydrogen) atoms. The quantitative estimate of drug-likeness (QED) is 0.838. The number of pyridine rings is 1. The highest BCUT2D eigenvalue weighted by Gasteiger charge is 2.02. The zero-order chi connectivity index (χ0) is 10.7. The van der Waals surface area contributed by atoms with E-state index in [0.717, 1.165) is 5.56 Å².